The molecule has 1 rings (SSSR count). The van der Waals surface area contributed by atoms with Crippen molar-refractivity contribution in [3.8, 4) is 5.75 Å². The summed E-state index contributed by atoms with van der Waals surface area (Å²) in [5.41, 5.74) is 8.07. The summed E-state index contributed by atoms with van der Waals surface area (Å²) in [5, 5.41) is 3.34. The molecule has 0 radical (unpaired) electrons. The number of rotatable bonds is 14. The van der Waals surface area contributed by atoms with E-state index in [-0.39, 0.29) is 4.90 Å². The average Bonchev–Trinajstić information content (AvgIpc) is 2.58. The molecule has 0 amide bonds. The van der Waals surface area contributed by atoms with Crippen LogP contribution in [-0.4, -0.2) is 67.5 Å². The third kappa shape index (κ3) is 10.6. The number of benzene rings is 1. The summed E-state index contributed by atoms with van der Waals surface area (Å²) in [7, 11) is -3.19. The van der Waals surface area contributed by atoms with Crippen molar-refractivity contribution in [1.29, 1.82) is 0 Å². The molecule has 1 aromatic rings. The molecule has 0 aliphatic rings. The van der Waals surface area contributed by atoms with Crippen LogP contribution in [0.25, 0.3) is 10.4 Å². The summed E-state index contributed by atoms with van der Waals surface area (Å²) < 4.78 is 43.9. The van der Waals surface area contributed by atoms with Gasteiger partial charge in [-0.3, -0.25) is 0 Å². The quantitative estimate of drug-likeness (QED) is 0.212. The SMILES string of the molecule is CS(=O)(=O)c1ccc(OCCOCCOCCOCCN=[N+]=[N-])cc1. The van der Waals surface area contributed by atoms with Crippen LogP contribution in [0, 0.1) is 0 Å². The Morgan fingerprint density at radius 2 is 1.44 bits per heavy atom. The number of sulfone groups is 1. The van der Waals surface area contributed by atoms with Gasteiger partial charge in [0.2, 0.25) is 0 Å². The van der Waals surface area contributed by atoms with Crippen LogP contribution in [0.5, 0.6) is 5.75 Å². The largest absolute Gasteiger partial charge is 0.491 e. The van der Waals surface area contributed by atoms with Gasteiger partial charge in [0.05, 0.1) is 44.5 Å². The maximum Gasteiger partial charge on any atom is 0.175 e. The number of hydrogen-bond acceptors (Lipinski definition) is 7. The zero-order valence-electron chi connectivity index (χ0n) is 14.2. The maximum absolute atomic E-state index is 11.3. The predicted octanol–water partition coefficient (Wildman–Crippen LogP) is 1.83. The summed E-state index contributed by atoms with van der Waals surface area (Å²) >= 11 is 0. The first-order valence-electron chi connectivity index (χ1n) is 7.71. The van der Waals surface area contributed by atoms with Crippen molar-refractivity contribution in [3.05, 3.63) is 34.7 Å². The monoisotopic (exact) mass is 373 g/mol. The first-order valence-corrected chi connectivity index (χ1v) is 9.60. The number of azide groups is 1. The highest BCUT2D eigenvalue weighted by molar-refractivity contribution is 7.90. The fourth-order valence-corrected chi connectivity index (χ4v) is 2.32. The van der Waals surface area contributed by atoms with Gasteiger partial charge >= 0.3 is 0 Å². The Labute approximate surface area is 147 Å². The third-order valence-electron chi connectivity index (χ3n) is 2.89. The van der Waals surface area contributed by atoms with Gasteiger partial charge in [-0.2, -0.15) is 0 Å². The molecule has 0 saturated carbocycles. The van der Waals surface area contributed by atoms with Gasteiger partial charge in [-0.1, -0.05) is 5.11 Å². The zero-order chi connectivity index (χ0) is 18.4. The molecule has 0 spiro atoms. The highest BCUT2D eigenvalue weighted by Gasteiger charge is 2.06. The molecule has 0 atom stereocenters. The third-order valence-corrected chi connectivity index (χ3v) is 4.02. The highest BCUT2D eigenvalue weighted by atomic mass is 32.2. The van der Waals surface area contributed by atoms with Gasteiger partial charge < -0.3 is 18.9 Å². The fraction of sp³-hybridized carbons (Fsp3) is 0.600. The molecule has 0 aliphatic heterocycles. The van der Waals surface area contributed by atoms with E-state index >= 15 is 0 Å². The molecule has 10 heteroatoms. The van der Waals surface area contributed by atoms with Gasteiger partial charge in [0.1, 0.15) is 12.4 Å². The van der Waals surface area contributed by atoms with Crippen LogP contribution < -0.4 is 4.74 Å². The Balaban J connectivity index is 1.96. The maximum atomic E-state index is 11.3. The van der Waals surface area contributed by atoms with Crippen molar-refractivity contribution in [2.45, 2.75) is 4.90 Å². The second-order valence-electron chi connectivity index (χ2n) is 4.88. The van der Waals surface area contributed by atoms with Crippen molar-refractivity contribution in [2.24, 2.45) is 5.11 Å². The van der Waals surface area contributed by atoms with Gasteiger partial charge in [0, 0.05) is 17.7 Å². The van der Waals surface area contributed by atoms with E-state index in [1.807, 2.05) is 0 Å². The first kappa shape index (κ1) is 21.2. The smallest absolute Gasteiger partial charge is 0.175 e. The predicted molar refractivity (Wildman–Crippen MR) is 91.5 cm³/mol. The molecule has 0 fully saturated rings. The summed E-state index contributed by atoms with van der Waals surface area (Å²) in [5.74, 6) is 0.588. The molecule has 25 heavy (non-hydrogen) atoms. The molecule has 0 heterocycles. The van der Waals surface area contributed by atoms with E-state index in [1.54, 1.807) is 12.1 Å². The molecule has 0 aliphatic carbocycles. The Morgan fingerprint density at radius 3 is 1.96 bits per heavy atom. The van der Waals surface area contributed by atoms with Crippen molar-refractivity contribution in [3.63, 3.8) is 0 Å². The van der Waals surface area contributed by atoms with E-state index in [4.69, 9.17) is 24.5 Å². The normalized spacial score (nSPS) is 11.1. The van der Waals surface area contributed by atoms with E-state index < -0.39 is 9.84 Å². The minimum Gasteiger partial charge on any atom is -0.491 e. The van der Waals surface area contributed by atoms with Crippen molar-refractivity contribution >= 4 is 9.84 Å². The second kappa shape index (κ2) is 12.5. The fourth-order valence-electron chi connectivity index (χ4n) is 1.69. The number of ether oxygens (including phenoxy) is 4. The van der Waals surface area contributed by atoms with E-state index in [1.165, 1.54) is 12.1 Å². The van der Waals surface area contributed by atoms with Crippen molar-refractivity contribution in [2.75, 3.05) is 59.0 Å². The topological polar surface area (TPSA) is 120 Å². The minimum atomic E-state index is -3.19. The lowest BCUT2D eigenvalue weighted by molar-refractivity contribution is 0.0106. The second-order valence-corrected chi connectivity index (χ2v) is 6.90. The lowest BCUT2D eigenvalue weighted by Crippen LogP contribution is -2.13. The van der Waals surface area contributed by atoms with Crippen LogP contribution in [0.2, 0.25) is 0 Å². The summed E-state index contributed by atoms with van der Waals surface area (Å²) in [6.07, 6.45) is 1.16. The Hall–Kier alpha value is -1.84. The van der Waals surface area contributed by atoms with Crippen LogP contribution in [-0.2, 0) is 24.0 Å². The molecule has 9 nitrogen and oxygen atoms in total. The number of nitrogens with zero attached hydrogens (tertiary/aromatic N) is 3. The number of hydrogen-bond donors (Lipinski definition) is 0. The molecule has 140 valence electrons. The van der Waals surface area contributed by atoms with Crippen LogP contribution in [0.1, 0.15) is 0 Å². The first-order chi connectivity index (χ1) is 12.0. The van der Waals surface area contributed by atoms with E-state index in [9.17, 15) is 8.42 Å². The molecule has 0 saturated heterocycles. The Bertz CT molecular complexity index is 629. The zero-order valence-corrected chi connectivity index (χ0v) is 15.0. The molecule has 0 N–H and O–H groups in total. The summed E-state index contributed by atoms with van der Waals surface area (Å²) in [6.45, 7) is 3.23. The molecule has 0 bridgehead atoms. The molecule has 0 aromatic heterocycles. The Kier molecular flexibility index (Phi) is 10.6. The minimum absolute atomic E-state index is 0.259. The lowest BCUT2D eigenvalue weighted by atomic mass is 10.3. The van der Waals surface area contributed by atoms with Gasteiger partial charge in [-0.05, 0) is 29.8 Å². The van der Waals surface area contributed by atoms with Gasteiger partial charge in [-0.25, -0.2) is 8.42 Å². The van der Waals surface area contributed by atoms with E-state index in [0.717, 1.165) is 6.26 Å². The van der Waals surface area contributed by atoms with Gasteiger partial charge in [-0.15, -0.1) is 0 Å². The van der Waals surface area contributed by atoms with E-state index in [2.05, 4.69) is 10.0 Å². The highest BCUT2D eigenvalue weighted by Crippen LogP contribution is 2.15. The summed E-state index contributed by atoms with van der Waals surface area (Å²) in [6, 6.07) is 6.24. The summed E-state index contributed by atoms with van der Waals surface area (Å²) in [4.78, 5) is 2.87. The van der Waals surface area contributed by atoms with Crippen molar-refractivity contribution < 1.29 is 27.4 Å². The van der Waals surface area contributed by atoms with Crippen molar-refractivity contribution in [1.82, 2.24) is 0 Å². The lowest BCUT2D eigenvalue weighted by Gasteiger charge is -2.08. The van der Waals surface area contributed by atoms with Crippen LogP contribution in [0.15, 0.2) is 34.3 Å². The molecular formula is C15H23N3O6S. The molecule has 0 unspecified atom stereocenters. The molecule has 1 aromatic carbocycles. The van der Waals surface area contributed by atoms with Crippen LogP contribution >= 0.6 is 0 Å². The standard InChI is InChI=1S/C15H23N3O6S/c1-25(19,20)15-4-2-14(3-5-15)24-13-12-23-11-10-22-9-8-21-7-6-17-18-16/h2-5H,6-13H2,1H3. The van der Waals surface area contributed by atoms with Crippen LogP contribution in [0.4, 0.5) is 0 Å². The Morgan fingerprint density at radius 1 is 0.920 bits per heavy atom. The molecular weight excluding hydrogens is 350 g/mol. The van der Waals surface area contributed by atoms with Gasteiger partial charge in [0.25, 0.3) is 0 Å². The van der Waals surface area contributed by atoms with Crippen LogP contribution in [0.3, 0.4) is 0 Å². The average molecular weight is 373 g/mol. The van der Waals surface area contributed by atoms with Gasteiger partial charge in [0.15, 0.2) is 9.84 Å². The van der Waals surface area contributed by atoms with E-state index in [0.29, 0.717) is 58.5 Å².